The molecule has 5 nitrogen and oxygen atoms in total. The Morgan fingerprint density at radius 1 is 1.26 bits per heavy atom. The minimum atomic E-state index is -0.568. The Hall–Kier alpha value is -2.08. The molecule has 0 saturated heterocycles. The highest BCUT2D eigenvalue weighted by Crippen LogP contribution is 2.23. The number of nitrogens with zero attached hydrogens (tertiary/aromatic N) is 1. The Labute approximate surface area is 116 Å². The lowest BCUT2D eigenvalue weighted by Gasteiger charge is -2.01. The molecule has 0 saturated carbocycles. The zero-order valence-corrected chi connectivity index (χ0v) is 11.4. The zero-order chi connectivity index (χ0) is 13.4. The first kappa shape index (κ1) is 12.0. The van der Waals surface area contributed by atoms with Crippen LogP contribution in [-0.4, -0.2) is 11.0 Å². The molecule has 0 radical (unpaired) electrons. The van der Waals surface area contributed by atoms with Crippen LogP contribution < -0.4 is 4.74 Å². The number of rotatable bonds is 2. The number of oxazole rings is 1. The molecule has 1 aromatic carbocycles. The number of carbonyl (C=O) groups excluding carboxylic acids is 1. The number of hydrogen-bond acceptors (Lipinski definition) is 5. The van der Waals surface area contributed by atoms with Crippen LogP contribution in [-0.2, 0) is 0 Å². The summed E-state index contributed by atoms with van der Waals surface area (Å²) in [6.07, 6.45) is 0. The lowest BCUT2D eigenvalue weighted by molar-refractivity contribution is 0.0700. The monoisotopic (exact) mass is 321 g/mol. The number of carbonyl (C=O) groups is 1. The van der Waals surface area contributed by atoms with Crippen LogP contribution in [0.1, 0.15) is 16.4 Å². The third-order valence-electron chi connectivity index (χ3n) is 2.45. The molecule has 0 amide bonds. The minimum Gasteiger partial charge on any atom is -0.442 e. The number of esters is 1. The molecular formula is C13H8BrNO4. The SMILES string of the molecule is Cc1nc2ccc(OC(=O)c3ccc(Br)o3)cc2o1. The number of aromatic nitrogens is 1. The Morgan fingerprint density at radius 3 is 2.84 bits per heavy atom. The Morgan fingerprint density at radius 2 is 2.11 bits per heavy atom. The van der Waals surface area contributed by atoms with Gasteiger partial charge in [-0.3, -0.25) is 0 Å². The fourth-order valence-electron chi connectivity index (χ4n) is 1.66. The summed E-state index contributed by atoms with van der Waals surface area (Å²) in [4.78, 5) is 15.9. The number of fused-ring (bicyclic) bond motifs is 1. The Kier molecular flexibility index (Phi) is 2.87. The van der Waals surface area contributed by atoms with E-state index in [2.05, 4.69) is 20.9 Å². The summed E-state index contributed by atoms with van der Waals surface area (Å²) in [5.74, 6) is 0.497. The van der Waals surface area contributed by atoms with Crippen LogP contribution in [0.5, 0.6) is 5.75 Å². The van der Waals surface area contributed by atoms with E-state index in [0.29, 0.717) is 21.9 Å². The van der Waals surface area contributed by atoms with Crippen molar-refractivity contribution in [3.8, 4) is 5.75 Å². The van der Waals surface area contributed by atoms with Crippen molar-refractivity contribution in [2.24, 2.45) is 0 Å². The molecule has 6 heteroatoms. The molecule has 96 valence electrons. The minimum absolute atomic E-state index is 0.126. The number of ether oxygens (including phenoxy) is 1. The van der Waals surface area contributed by atoms with E-state index in [0.717, 1.165) is 5.52 Å². The van der Waals surface area contributed by atoms with E-state index in [1.165, 1.54) is 6.07 Å². The van der Waals surface area contributed by atoms with Gasteiger partial charge in [-0.1, -0.05) is 0 Å². The number of benzene rings is 1. The molecule has 0 unspecified atom stereocenters. The van der Waals surface area contributed by atoms with Gasteiger partial charge in [0.05, 0.1) is 0 Å². The summed E-state index contributed by atoms with van der Waals surface area (Å²) in [7, 11) is 0. The van der Waals surface area contributed by atoms with Gasteiger partial charge in [0.2, 0.25) is 5.76 Å². The van der Waals surface area contributed by atoms with E-state index in [1.807, 2.05) is 0 Å². The molecule has 2 aromatic heterocycles. The molecule has 0 aliphatic rings. The molecule has 0 spiro atoms. The summed E-state index contributed by atoms with van der Waals surface area (Å²) < 4.78 is 16.1. The Balaban J connectivity index is 1.86. The van der Waals surface area contributed by atoms with E-state index in [4.69, 9.17) is 13.6 Å². The maximum Gasteiger partial charge on any atom is 0.379 e. The number of aryl methyl sites for hydroxylation is 1. The zero-order valence-electron chi connectivity index (χ0n) is 9.84. The molecule has 3 rings (SSSR count). The standard InChI is InChI=1S/C13H8BrNO4/c1-7-15-9-3-2-8(6-11(9)17-7)18-13(16)10-4-5-12(14)19-10/h2-6H,1H3. The smallest absolute Gasteiger partial charge is 0.379 e. The summed E-state index contributed by atoms with van der Waals surface area (Å²) in [6, 6.07) is 8.15. The maximum atomic E-state index is 11.8. The topological polar surface area (TPSA) is 65.5 Å². The van der Waals surface area contributed by atoms with Crippen LogP contribution in [0.25, 0.3) is 11.1 Å². The lowest BCUT2D eigenvalue weighted by Crippen LogP contribution is -2.06. The highest BCUT2D eigenvalue weighted by atomic mass is 79.9. The number of hydrogen-bond donors (Lipinski definition) is 0. The van der Waals surface area contributed by atoms with Crippen molar-refractivity contribution in [2.75, 3.05) is 0 Å². The van der Waals surface area contributed by atoms with Gasteiger partial charge in [-0.25, -0.2) is 9.78 Å². The predicted molar refractivity (Wildman–Crippen MR) is 70.1 cm³/mol. The highest BCUT2D eigenvalue weighted by molar-refractivity contribution is 9.10. The van der Waals surface area contributed by atoms with E-state index in [-0.39, 0.29) is 5.76 Å². The van der Waals surface area contributed by atoms with Gasteiger partial charge >= 0.3 is 5.97 Å². The second kappa shape index (κ2) is 4.55. The quantitative estimate of drug-likeness (QED) is 0.531. The largest absolute Gasteiger partial charge is 0.442 e. The molecule has 0 aliphatic heterocycles. The van der Waals surface area contributed by atoms with Crippen LogP contribution in [0.15, 0.2) is 43.8 Å². The van der Waals surface area contributed by atoms with Gasteiger partial charge in [0.15, 0.2) is 16.1 Å². The number of furan rings is 1. The van der Waals surface area contributed by atoms with Crippen LogP contribution >= 0.6 is 15.9 Å². The summed E-state index contributed by atoms with van der Waals surface area (Å²) >= 11 is 3.12. The van der Waals surface area contributed by atoms with Gasteiger partial charge in [0, 0.05) is 13.0 Å². The van der Waals surface area contributed by atoms with E-state index in [1.54, 1.807) is 31.2 Å². The third kappa shape index (κ3) is 2.39. The van der Waals surface area contributed by atoms with Gasteiger partial charge in [0.1, 0.15) is 11.3 Å². The molecule has 0 N–H and O–H groups in total. The van der Waals surface area contributed by atoms with Gasteiger partial charge < -0.3 is 13.6 Å². The van der Waals surface area contributed by atoms with Crippen molar-refractivity contribution >= 4 is 33.0 Å². The molecule has 2 heterocycles. The first-order valence-electron chi connectivity index (χ1n) is 5.46. The van der Waals surface area contributed by atoms with E-state index >= 15 is 0 Å². The lowest BCUT2D eigenvalue weighted by atomic mass is 10.3. The van der Waals surface area contributed by atoms with Crippen molar-refractivity contribution in [1.29, 1.82) is 0 Å². The predicted octanol–water partition coefficient (Wildman–Crippen LogP) is 3.71. The van der Waals surface area contributed by atoms with Crippen LogP contribution in [0.4, 0.5) is 0 Å². The van der Waals surface area contributed by atoms with Gasteiger partial charge in [-0.05, 0) is 40.2 Å². The van der Waals surface area contributed by atoms with Crippen molar-refractivity contribution in [1.82, 2.24) is 4.98 Å². The van der Waals surface area contributed by atoms with Crippen LogP contribution in [0.2, 0.25) is 0 Å². The van der Waals surface area contributed by atoms with E-state index < -0.39 is 5.97 Å². The van der Waals surface area contributed by atoms with Crippen molar-refractivity contribution in [3.05, 3.63) is 46.7 Å². The maximum absolute atomic E-state index is 11.8. The molecular weight excluding hydrogens is 314 g/mol. The second-order valence-electron chi connectivity index (χ2n) is 3.86. The van der Waals surface area contributed by atoms with Crippen LogP contribution in [0.3, 0.4) is 0 Å². The molecule has 0 aliphatic carbocycles. The van der Waals surface area contributed by atoms with Crippen LogP contribution in [0, 0.1) is 6.92 Å². The normalized spacial score (nSPS) is 10.8. The average Bonchev–Trinajstić information content (AvgIpc) is 2.93. The second-order valence-corrected chi connectivity index (χ2v) is 4.64. The average molecular weight is 322 g/mol. The fraction of sp³-hybridized carbons (Fsp3) is 0.0769. The first-order chi connectivity index (χ1) is 9.11. The number of halogens is 1. The fourth-order valence-corrected chi connectivity index (χ4v) is 1.97. The first-order valence-corrected chi connectivity index (χ1v) is 6.26. The van der Waals surface area contributed by atoms with Gasteiger partial charge in [-0.15, -0.1) is 0 Å². The van der Waals surface area contributed by atoms with Crippen molar-refractivity contribution in [2.45, 2.75) is 6.92 Å². The Bertz CT molecular complexity index is 759. The molecule has 0 atom stereocenters. The molecule has 0 bridgehead atoms. The third-order valence-corrected chi connectivity index (χ3v) is 2.88. The summed E-state index contributed by atoms with van der Waals surface area (Å²) in [5.41, 5.74) is 1.29. The van der Waals surface area contributed by atoms with E-state index in [9.17, 15) is 4.79 Å². The molecule has 3 aromatic rings. The molecule has 0 fully saturated rings. The highest BCUT2D eigenvalue weighted by Gasteiger charge is 2.14. The van der Waals surface area contributed by atoms with Crippen molar-refractivity contribution in [3.63, 3.8) is 0 Å². The van der Waals surface area contributed by atoms with Gasteiger partial charge in [0.25, 0.3) is 0 Å². The van der Waals surface area contributed by atoms with Crippen molar-refractivity contribution < 1.29 is 18.4 Å². The molecule has 19 heavy (non-hydrogen) atoms. The summed E-state index contributed by atoms with van der Waals surface area (Å²) in [6.45, 7) is 1.76. The van der Waals surface area contributed by atoms with Gasteiger partial charge in [-0.2, -0.15) is 0 Å². The summed E-state index contributed by atoms with van der Waals surface area (Å²) in [5, 5.41) is 0.